The normalized spacial score (nSPS) is 12.4. The second-order valence-corrected chi connectivity index (χ2v) is 11.6. The standard InChI is InChI=1S/C27H39N3O5S/c1-19(2)16-28-27(32)21(5)29(17-22-9-8-10-25(15-22)35-6)26(31)18-30(36(7,33)34)24-13-11-23(12-14-24)20(3)4/h8-15,19-21H,16-18H2,1-7H3,(H,28,32)/t21-/m0/s1. The summed E-state index contributed by atoms with van der Waals surface area (Å²) in [6, 6.07) is 13.5. The molecule has 0 fully saturated rings. The average molecular weight is 518 g/mol. The van der Waals surface area contributed by atoms with Crippen LogP contribution in [-0.2, 0) is 26.2 Å². The molecule has 0 saturated heterocycles. The summed E-state index contributed by atoms with van der Waals surface area (Å²) in [5.41, 5.74) is 2.22. The van der Waals surface area contributed by atoms with Crippen molar-refractivity contribution in [1.29, 1.82) is 0 Å². The molecule has 0 bridgehead atoms. The Morgan fingerprint density at radius 1 is 1.00 bits per heavy atom. The Kier molecular flexibility index (Phi) is 10.3. The van der Waals surface area contributed by atoms with Gasteiger partial charge in [-0.05, 0) is 54.2 Å². The van der Waals surface area contributed by atoms with Gasteiger partial charge in [0.15, 0.2) is 0 Å². The molecule has 1 atom stereocenters. The zero-order valence-corrected chi connectivity index (χ0v) is 23.1. The number of hydrogen-bond donors (Lipinski definition) is 1. The molecule has 0 heterocycles. The molecule has 9 heteroatoms. The Balaban J connectivity index is 2.38. The summed E-state index contributed by atoms with van der Waals surface area (Å²) in [5, 5.41) is 2.87. The number of hydrogen-bond acceptors (Lipinski definition) is 5. The number of anilines is 1. The maximum absolute atomic E-state index is 13.6. The predicted molar refractivity (Wildman–Crippen MR) is 144 cm³/mol. The highest BCUT2D eigenvalue weighted by Gasteiger charge is 2.30. The van der Waals surface area contributed by atoms with Gasteiger partial charge < -0.3 is 15.0 Å². The van der Waals surface area contributed by atoms with Gasteiger partial charge in [-0.2, -0.15) is 0 Å². The Hall–Kier alpha value is -3.07. The first-order chi connectivity index (χ1) is 16.8. The Morgan fingerprint density at radius 2 is 1.64 bits per heavy atom. The molecule has 1 N–H and O–H groups in total. The van der Waals surface area contributed by atoms with Crippen molar-refractivity contribution < 1.29 is 22.7 Å². The lowest BCUT2D eigenvalue weighted by Crippen LogP contribution is -2.51. The lowest BCUT2D eigenvalue weighted by molar-refractivity contribution is -0.139. The summed E-state index contributed by atoms with van der Waals surface area (Å²) in [7, 11) is -2.21. The molecule has 0 aliphatic heterocycles. The van der Waals surface area contributed by atoms with Gasteiger partial charge in [-0.3, -0.25) is 13.9 Å². The van der Waals surface area contributed by atoms with E-state index in [-0.39, 0.29) is 24.3 Å². The van der Waals surface area contributed by atoms with Crippen LogP contribution >= 0.6 is 0 Å². The van der Waals surface area contributed by atoms with Crippen LogP contribution in [-0.4, -0.2) is 57.6 Å². The van der Waals surface area contributed by atoms with Crippen molar-refractivity contribution in [3.05, 3.63) is 59.7 Å². The smallest absolute Gasteiger partial charge is 0.244 e. The first-order valence-electron chi connectivity index (χ1n) is 12.1. The quantitative estimate of drug-likeness (QED) is 0.462. The Bertz CT molecular complexity index is 1130. The predicted octanol–water partition coefficient (Wildman–Crippen LogP) is 3.77. The molecule has 2 rings (SSSR count). The molecule has 2 amide bonds. The zero-order valence-electron chi connectivity index (χ0n) is 22.3. The van der Waals surface area contributed by atoms with E-state index in [0.717, 1.165) is 21.7 Å². The number of nitrogens with zero attached hydrogens (tertiary/aromatic N) is 2. The molecule has 198 valence electrons. The van der Waals surface area contributed by atoms with Gasteiger partial charge in [0.05, 0.1) is 19.1 Å². The van der Waals surface area contributed by atoms with Gasteiger partial charge in [0.1, 0.15) is 18.3 Å². The summed E-state index contributed by atoms with van der Waals surface area (Å²) in [4.78, 5) is 27.9. The van der Waals surface area contributed by atoms with Crippen LogP contribution < -0.4 is 14.4 Å². The average Bonchev–Trinajstić information content (AvgIpc) is 2.83. The molecule has 0 saturated carbocycles. The van der Waals surface area contributed by atoms with Crippen LogP contribution in [0.4, 0.5) is 5.69 Å². The van der Waals surface area contributed by atoms with Gasteiger partial charge in [0.25, 0.3) is 0 Å². The minimum atomic E-state index is -3.77. The fourth-order valence-corrected chi connectivity index (χ4v) is 4.49. The van der Waals surface area contributed by atoms with Crippen LogP contribution in [0.1, 0.15) is 51.7 Å². The van der Waals surface area contributed by atoms with Gasteiger partial charge in [-0.1, -0.05) is 52.0 Å². The van der Waals surface area contributed by atoms with Gasteiger partial charge in [0.2, 0.25) is 21.8 Å². The minimum Gasteiger partial charge on any atom is -0.497 e. The van der Waals surface area contributed by atoms with E-state index in [1.807, 2.05) is 32.0 Å². The number of methoxy groups -OCH3 is 1. The van der Waals surface area contributed by atoms with Crippen LogP contribution in [0.2, 0.25) is 0 Å². The summed E-state index contributed by atoms with van der Waals surface area (Å²) >= 11 is 0. The number of sulfonamides is 1. The highest BCUT2D eigenvalue weighted by Crippen LogP contribution is 2.23. The first-order valence-corrected chi connectivity index (χ1v) is 14.0. The van der Waals surface area contributed by atoms with Crippen LogP contribution in [0.25, 0.3) is 0 Å². The number of ether oxygens (including phenoxy) is 1. The summed E-state index contributed by atoms with van der Waals surface area (Å²) in [5.74, 6) is 0.379. The number of rotatable bonds is 12. The van der Waals surface area contributed by atoms with Crippen molar-refractivity contribution in [2.45, 2.75) is 53.1 Å². The second-order valence-electron chi connectivity index (χ2n) is 9.70. The molecular formula is C27H39N3O5S. The number of amides is 2. The lowest BCUT2D eigenvalue weighted by atomic mass is 10.0. The van der Waals surface area contributed by atoms with E-state index in [1.165, 1.54) is 4.90 Å². The van der Waals surface area contributed by atoms with E-state index in [4.69, 9.17) is 4.74 Å². The molecule has 0 aliphatic carbocycles. The number of nitrogens with one attached hydrogen (secondary N) is 1. The largest absolute Gasteiger partial charge is 0.497 e. The first kappa shape index (κ1) is 29.2. The van der Waals surface area contributed by atoms with Crippen LogP contribution in [0.3, 0.4) is 0 Å². The fourth-order valence-electron chi connectivity index (χ4n) is 3.64. The zero-order chi connectivity index (χ0) is 27.0. The van der Waals surface area contributed by atoms with Crippen molar-refractivity contribution in [1.82, 2.24) is 10.2 Å². The van der Waals surface area contributed by atoms with Crippen LogP contribution in [0, 0.1) is 5.92 Å². The number of benzene rings is 2. The van der Waals surface area contributed by atoms with Crippen molar-refractivity contribution in [3.8, 4) is 5.75 Å². The van der Waals surface area contributed by atoms with E-state index >= 15 is 0 Å². The van der Waals surface area contributed by atoms with Crippen molar-refractivity contribution >= 4 is 27.5 Å². The molecule has 2 aromatic rings. The maximum atomic E-state index is 13.6. The molecule has 0 radical (unpaired) electrons. The highest BCUT2D eigenvalue weighted by molar-refractivity contribution is 7.92. The van der Waals surface area contributed by atoms with Crippen molar-refractivity contribution in [3.63, 3.8) is 0 Å². The van der Waals surface area contributed by atoms with E-state index in [2.05, 4.69) is 19.2 Å². The Labute approximate surface area is 215 Å². The highest BCUT2D eigenvalue weighted by atomic mass is 32.2. The van der Waals surface area contributed by atoms with E-state index < -0.39 is 28.5 Å². The summed E-state index contributed by atoms with van der Waals surface area (Å²) in [6.07, 6.45) is 1.07. The minimum absolute atomic E-state index is 0.121. The van der Waals surface area contributed by atoms with Gasteiger partial charge in [0, 0.05) is 13.1 Å². The molecule has 0 aliphatic rings. The van der Waals surface area contributed by atoms with Crippen LogP contribution in [0.5, 0.6) is 5.75 Å². The fraction of sp³-hybridized carbons (Fsp3) is 0.481. The lowest BCUT2D eigenvalue weighted by Gasteiger charge is -2.31. The van der Waals surface area contributed by atoms with E-state index in [0.29, 0.717) is 18.0 Å². The van der Waals surface area contributed by atoms with Gasteiger partial charge in [-0.15, -0.1) is 0 Å². The molecule has 36 heavy (non-hydrogen) atoms. The number of carbonyl (C=O) groups is 2. The van der Waals surface area contributed by atoms with E-state index in [9.17, 15) is 18.0 Å². The maximum Gasteiger partial charge on any atom is 0.244 e. The summed E-state index contributed by atoms with van der Waals surface area (Å²) < 4.78 is 31.8. The SMILES string of the molecule is COc1cccc(CN(C(=O)CN(c2ccc(C(C)C)cc2)S(C)(=O)=O)[C@@H](C)C(=O)NCC(C)C)c1. The molecule has 0 aromatic heterocycles. The van der Waals surface area contributed by atoms with E-state index in [1.54, 1.807) is 44.4 Å². The second kappa shape index (κ2) is 12.8. The third-order valence-electron chi connectivity index (χ3n) is 5.87. The third-order valence-corrected chi connectivity index (χ3v) is 7.01. The third kappa shape index (κ3) is 8.26. The molecular weight excluding hydrogens is 478 g/mol. The topological polar surface area (TPSA) is 96.0 Å². The molecule has 2 aromatic carbocycles. The van der Waals surface area contributed by atoms with Crippen molar-refractivity contribution in [2.24, 2.45) is 5.92 Å². The van der Waals surface area contributed by atoms with Crippen molar-refractivity contribution in [2.75, 3.05) is 30.8 Å². The molecule has 8 nitrogen and oxygen atoms in total. The summed E-state index contributed by atoms with van der Waals surface area (Å²) in [6.45, 7) is 9.89. The Morgan fingerprint density at radius 3 is 2.17 bits per heavy atom. The number of carbonyl (C=O) groups excluding carboxylic acids is 2. The molecule has 0 unspecified atom stereocenters. The van der Waals surface area contributed by atoms with Gasteiger partial charge >= 0.3 is 0 Å². The monoisotopic (exact) mass is 517 g/mol. The van der Waals surface area contributed by atoms with Gasteiger partial charge in [-0.25, -0.2) is 8.42 Å². The van der Waals surface area contributed by atoms with Crippen LogP contribution in [0.15, 0.2) is 48.5 Å². The molecule has 0 spiro atoms.